The Kier molecular flexibility index (Phi) is 9.66. The minimum absolute atomic E-state index is 0.0288. The summed E-state index contributed by atoms with van der Waals surface area (Å²) in [6.45, 7) is 7.92. The number of carbonyl (C=O) groups excluding carboxylic acids is 2. The lowest BCUT2D eigenvalue weighted by molar-refractivity contribution is -0.143. The van der Waals surface area contributed by atoms with Gasteiger partial charge in [-0.05, 0) is 56.0 Å². The second-order valence-electron chi connectivity index (χ2n) is 7.55. The average molecular weight is 465 g/mol. The Labute approximate surface area is 194 Å². The molecule has 7 heteroatoms. The van der Waals surface area contributed by atoms with Crippen LogP contribution in [-0.4, -0.2) is 35.4 Å². The van der Waals surface area contributed by atoms with Crippen molar-refractivity contribution in [2.75, 3.05) is 6.61 Å². The first-order valence-electron chi connectivity index (χ1n) is 10.5. The molecule has 0 saturated heterocycles. The van der Waals surface area contributed by atoms with Crippen molar-refractivity contribution >= 4 is 35.0 Å². The lowest BCUT2D eigenvalue weighted by atomic mass is 10.1. The van der Waals surface area contributed by atoms with Gasteiger partial charge in [0.1, 0.15) is 11.8 Å². The molecule has 0 spiro atoms. The Morgan fingerprint density at radius 2 is 1.81 bits per heavy atom. The van der Waals surface area contributed by atoms with E-state index < -0.39 is 6.04 Å². The molecule has 2 aromatic carbocycles. The summed E-state index contributed by atoms with van der Waals surface area (Å²) in [7, 11) is 0. The number of amides is 2. The summed E-state index contributed by atoms with van der Waals surface area (Å²) in [6, 6.07) is 12.1. The number of halogens is 2. The molecule has 2 aromatic rings. The van der Waals surface area contributed by atoms with Gasteiger partial charge in [0.15, 0.2) is 6.61 Å². The van der Waals surface area contributed by atoms with Crippen LogP contribution in [-0.2, 0) is 16.1 Å². The monoisotopic (exact) mass is 464 g/mol. The lowest BCUT2D eigenvalue weighted by Crippen LogP contribution is -2.51. The van der Waals surface area contributed by atoms with Gasteiger partial charge < -0.3 is 15.0 Å². The summed E-state index contributed by atoms with van der Waals surface area (Å²) in [6.07, 6.45) is 1.30. The molecule has 0 aliphatic carbocycles. The molecular formula is C24H30Cl2N2O3. The summed E-state index contributed by atoms with van der Waals surface area (Å²) < 4.78 is 5.67. The van der Waals surface area contributed by atoms with Crippen LogP contribution in [0.2, 0.25) is 10.0 Å². The van der Waals surface area contributed by atoms with Crippen molar-refractivity contribution in [3.63, 3.8) is 0 Å². The highest BCUT2D eigenvalue weighted by atomic mass is 35.5. The largest absolute Gasteiger partial charge is 0.482 e. The molecule has 0 fully saturated rings. The molecule has 168 valence electrons. The topological polar surface area (TPSA) is 58.6 Å². The van der Waals surface area contributed by atoms with E-state index in [9.17, 15) is 9.59 Å². The van der Waals surface area contributed by atoms with E-state index in [4.69, 9.17) is 27.9 Å². The van der Waals surface area contributed by atoms with E-state index in [-0.39, 0.29) is 24.5 Å². The standard InChI is InChI=1S/C24H30Cl2N2O3/c1-5-17(4)27-24(30)21(6-2)28(14-18-10-8-7-9-16(18)3)23(29)15-31-22-12-11-19(25)13-20(22)26/h7-13,17,21H,5-6,14-15H2,1-4H3,(H,27,30). The number of rotatable bonds is 10. The van der Waals surface area contributed by atoms with Crippen molar-refractivity contribution in [2.24, 2.45) is 0 Å². The van der Waals surface area contributed by atoms with E-state index in [0.717, 1.165) is 17.5 Å². The molecule has 31 heavy (non-hydrogen) atoms. The highest BCUT2D eigenvalue weighted by molar-refractivity contribution is 6.35. The van der Waals surface area contributed by atoms with E-state index >= 15 is 0 Å². The van der Waals surface area contributed by atoms with Gasteiger partial charge in [0.05, 0.1) is 5.02 Å². The number of nitrogens with zero attached hydrogens (tertiary/aromatic N) is 1. The van der Waals surface area contributed by atoms with E-state index in [1.165, 1.54) is 0 Å². The highest BCUT2D eigenvalue weighted by Gasteiger charge is 2.30. The van der Waals surface area contributed by atoms with Crippen LogP contribution in [0.5, 0.6) is 5.75 Å². The molecule has 0 saturated carbocycles. The van der Waals surface area contributed by atoms with Gasteiger partial charge in [-0.3, -0.25) is 9.59 Å². The third kappa shape index (κ3) is 7.15. The van der Waals surface area contributed by atoms with Crippen LogP contribution in [0, 0.1) is 6.92 Å². The summed E-state index contributed by atoms with van der Waals surface area (Å²) in [5, 5.41) is 3.81. The van der Waals surface area contributed by atoms with Crippen molar-refractivity contribution in [2.45, 2.75) is 59.2 Å². The van der Waals surface area contributed by atoms with Crippen molar-refractivity contribution in [3.8, 4) is 5.75 Å². The molecule has 0 aromatic heterocycles. The number of aryl methyl sites for hydroxylation is 1. The van der Waals surface area contributed by atoms with Gasteiger partial charge in [-0.2, -0.15) is 0 Å². The second-order valence-corrected chi connectivity index (χ2v) is 8.40. The first kappa shape index (κ1) is 25.0. The molecule has 2 amide bonds. The minimum atomic E-state index is -0.606. The molecule has 2 unspecified atom stereocenters. The number of nitrogens with one attached hydrogen (secondary N) is 1. The third-order valence-corrected chi connectivity index (χ3v) is 5.76. The number of carbonyl (C=O) groups is 2. The van der Waals surface area contributed by atoms with Gasteiger partial charge in [0.25, 0.3) is 5.91 Å². The average Bonchev–Trinajstić information content (AvgIpc) is 2.74. The van der Waals surface area contributed by atoms with Crippen molar-refractivity contribution in [3.05, 3.63) is 63.6 Å². The molecule has 0 aliphatic heterocycles. The third-order valence-electron chi connectivity index (χ3n) is 5.23. The fourth-order valence-corrected chi connectivity index (χ4v) is 3.61. The van der Waals surface area contributed by atoms with E-state index in [2.05, 4.69) is 5.32 Å². The van der Waals surface area contributed by atoms with Crippen LogP contribution in [0.25, 0.3) is 0 Å². The second kappa shape index (κ2) is 12.0. The molecular weight excluding hydrogens is 435 g/mol. The fourth-order valence-electron chi connectivity index (χ4n) is 3.15. The van der Waals surface area contributed by atoms with Crippen molar-refractivity contribution in [1.29, 1.82) is 0 Å². The van der Waals surface area contributed by atoms with Gasteiger partial charge in [0.2, 0.25) is 5.91 Å². The Bertz CT molecular complexity index is 904. The Balaban J connectivity index is 2.25. The Morgan fingerprint density at radius 1 is 1.10 bits per heavy atom. The van der Waals surface area contributed by atoms with Gasteiger partial charge in [0, 0.05) is 17.6 Å². The smallest absolute Gasteiger partial charge is 0.261 e. The summed E-state index contributed by atoms with van der Waals surface area (Å²) in [5.74, 6) is -0.0869. The zero-order valence-corrected chi connectivity index (χ0v) is 20.0. The molecule has 5 nitrogen and oxygen atoms in total. The lowest BCUT2D eigenvalue weighted by Gasteiger charge is -2.31. The van der Waals surface area contributed by atoms with Gasteiger partial charge in [-0.1, -0.05) is 61.3 Å². The fraction of sp³-hybridized carbons (Fsp3) is 0.417. The molecule has 0 heterocycles. The van der Waals surface area contributed by atoms with E-state index in [1.807, 2.05) is 52.0 Å². The molecule has 0 radical (unpaired) electrons. The number of ether oxygens (including phenoxy) is 1. The SMILES string of the molecule is CCC(C)NC(=O)C(CC)N(Cc1ccccc1C)C(=O)COc1ccc(Cl)cc1Cl. The number of benzene rings is 2. The number of hydrogen-bond acceptors (Lipinski definition) is 3. The Hall–Kier alpha value is -2.24. The van der Waals surface area contributed by atoms with Crippen LogP contribution in [0.1, 0.15) is 44.7 Å². The molecule has 0 aliphatic rings. The normalized spacial score (nSPS) is 12.7. The summed E-state index contributed by atoms with van der Waals surface area (Å²) in [4.78, 5) is 27.8. The van der Waals surface area contributed by atoms with Gasteiger partial charge >= 0.3 is 0 Å². The summed E-state index contributed by atoms with van der Waals surface area (Å²) >= 11 is 12.1. The maximum absolute atomic E-state index is 13.2. The maximum Gasteiger partial charge on any atom is 0.261 e. The van der Waals surface area contributed by atoms with Crippen molar-refractivity contribution < 1.29 is 14.3 Å². The van der Waals surface area contributed by atoms with Crippen LogP contribution in [0.3, 0.4) is 0 Å². The van der Waals surface area contributed by atoms with Crippen LogP contribution in [0.4, 0.5) is 0 Å². The van der Waals surface area contributed by atoms with Gasteiger partial charge in [-0.25, -0.2) is 0 Å². The quantitative estimate of drug-likeness (QED) is 0.511. The number of hydrogen-bond donors (Lipinski definition) is 1. The van der Waals surface area contributed by atoms with Gasteiger partial charge in [-0.15, -0.1) is 0 Å². The zero-order chi connectivity index (χ0) is 23.0. The summed E-state index contributed by atoms with van der Waals surface area (Å²) in [5.41, 5.74) is 2.04. The van der Waals surface area contributed by atoms with Crippen molar-refractivity contribution in [1.82, 2.24) is 10.2 Å². The predicted octanol–water partition coefficient (Wildman–Crippen LogP) is 5.40. The Morgan fingerprint density at radius 3 is 2.42 bits per heavy atom. The molecule has 2 rings (SSSR count). The molecule has 2 atom stereocenters. The van der Waals surface area contributed by atoms with Crippen LogP contribution in [0.15, 0.2) is 42.5 Å². The molecule has 1 N–H and O–H groups in total. The maximum atomic E-state index is 13.2. The zero-order valence-electron chi connectivity index (χ0n) is 18.5. The molecule has 0 bridgehead atoms. The first-order valence-corrected chi connectivity index (χ1v) is 11.2. The highest BCUT2D eigenvalue weighted by Crippen LogP contribution is 2.27. The van der Waals surface area contributed by atoms with E-state index in [0.29, 0.717) is 28.8 Å². The van der Waals surface area contributed by atoms with Crippen LogP contribution >= 0.6 is 23.2 Å². The predicted molar refractivity (Wildman–Crippen MR) is 126 cm³/mol. The van der Waals surface area contributed by atoms with E-state index in [1.54, 1.807) is 23.1 Å². The minimum Gasteiger partial charge on any atom is -0.482 e. The van der Waals surface area contributed by atoms with Crippen LogP contribution < -0.4 is 10.1 Å². The first-order chi connectivity index (χ1) is 14.8.